The zero-order chi connectivity index (χ0) is 24.3. The number of likely N-dealkylation sites (tertiary alicyclic amines) is 1. The third-order valence-corrected chi connectivity index (χ3v) is 5.26. The van der Waals surface area contributed by atoms with E-state index in [4.69, 9.17) is 17.2 Å². The Hall–Kier alpha value is -3.06. The van der Waals surface area contributed by atoms with Gasteiger partial charge in [0.1, 0.15) is 0 Å². The van der Waals surface area contributed by atoms with Gasteiger partial charge in [0.25, 0.3) is 0 Å². The molecule has 1 heterocycles. The Morgan fingerprint density at radius 2 is 1.64 bits per heavy atom. The molecule has 0 amide bonds. The Bertz CT molecular complexity index is 804. The van der Waals surface area contributed by atoms with Crippen molar-refractivity contribution in [1.82, 2.24) is 15.5 Å². The summed E-state index contributed by atoms with van der Waals surface area (Å²) in [6.07, 6.45) is 5.73. The molecule has 1 unspecified atom stereocenters. The third kappa shape index (κ3) is 11.9. The maximum Gasteiger partial charge on any atom is 0.0486 e. The quantitative estimate of drug-likeness (QED) is 0.376. The maximum absolute atomic E-state index is 5.35. The van der Waals surface area contributed by atoms with Crippen LogP contribution in [0.4, 0.5) is 0 Å². The van der Waals surface area contributed by atoms with Gasteiger partial charge in [-0.3, -0.25) is 4.90 Å². The first-order chi connectivity index (χ1) is 16.0. The minimum absolute atomic E-state index is 0.449. The van der Waals surface area contributed by atoms with Crippen LogP contribution in [0.25, 0.3) is 0 Å². The van der Waals surface area contributed by atoms with Crippen molar-refractivity contribution >= 4 is 0 Å². The molecule has 0 aromatic heterocycles. The summed E-state index contributed by atoms with van der Waals surface area (Å²) in [6, 6.07) is 21.0. The molecule has 1 aliphatic rings. The molecule has 6 nitrogen and oxygen atoms in total. The van der Waals surface area contributed by atoms with E-state index in [2.05, 4.69) is 60.0 Å². The lowest BCUT2D eigenvalue weighted by atomic mass is 10.1. The van der Waals surface area contributed by atoms with Gasteiger partial charge in [0.2, 0.25) is 0 Å². The Morgan fingerprint density at radius 3 is 2.06 bits per heavy atom. The van der Waals surface area contributed by atoms with E-state index in [-0.39, 0.29) is 0 Å². The largest absolute Gasteiger partial charge is 0.403 e. The molecule has 1 fully saturated rings. The van der Waals surface area contributed by atoms with Crippen LogP contribution in [-0.4, -0.2) is 37.6 Å². The van der Waals surface area contributed by atoms with Gasteiger partial charge in [0.05, 0.1) is 0 Å². The first-order valence-corrected chi connectivity index (χ1v) is 11.4. The number of nitrogens with one attached hydrogen (secondary N) is 2. The number of nitrogens with two attached hydrogens (primary N) is 3. The predicted octanol–water partition coefficient (Wildman–Crippen LogP) is 3.05. The molecule has 2 aromatic carbocycles. The van der Waals surface area contributed by atoms with Crippen molar-refractivity contribution in [2.24, 2.45) is 17.2 Å². The van der Waals surface area contributed by atoms with Crippen LogP contribution in [0, 0.1) is 0 Å². The van der Waals surface area contributed by atoms with Crippen molar-refractivity contribution in [3.63, 3.8) is 0 Å². The van der Waals surface area contributed by atoms with Gasteiger partial charge in [-0.25, -0.2) is 0 Å². The second-order valence-corrected chi connectivity index (χ2v) is 7.76. The number of nitrogens with zero attached hydrogens (tertiary/aromatic N) is 1. The molecule has 6 heteroatoms. The van der Waals surface area contributed by atoms with E-state index in [0.29, 0.717) is 25.7 Å². The number of hydrogen-bond acceptors (Lipinski definition) is 6. The van der Waals surface area contributed by atoms with Gasteiger partial charge in [-0.05, 0) is 37.6 Å². The second kappa shape index (κ2) is 17.5. The van der Waals surface area contributed by atoms with E-state index < -0.39 is 0 Å². The van der Waals surface area contributed by atoms with Gasteiger partial charge in [0, 0.05) is 49.8 Å². The van der Waals surface area contributed by atoms with E-state index in [9.17, 15) is 0 Å². The smallest absolute Gasteiger partial charge is 0.0486 e. The minimum Gasteiger partial charge on any atom is -0.403 e. The van der Waals surface area contributed by atoms with E-state index in [0.717, 1.165) is 17.9 Å². The molecule has 1 atom stereocenters. The number of likely N-dealkylation sites (N-methyl/N-ethyl adjacent to an activating group) is 1. The summed E-state index contributed by atoms with van der Waals surface area (Å²) in [5.41, 5.74) is 20.3. The summed E-state index contributed by atoms with van der Waals surface area (Å²) in [6.45, 7) is 11.5. The van der Waals surface area contributed by atoms with Gasteiger partial charge in [0.15, 0.2) is 0 Å². The van der Waals surface area contributed by atoms with Crippen LogP contribution in [0.1, 0.15) is 24.0 Å². The summed E-state index contributed by atoms with van der Waals surface area (Å²) in [5.74, 6) is 0. The highest BCUT2D eigenvalue weighted by Crippen LogP contribution is 2.19. The molecule has 8 N–H and O–H groups in total. The summed E-state index contributed by atoms with van der Waals surface area (Å²) in [7, 11) is 2.17. The van der Waals surface area contributed by atoms with Crippen molar-refractivity contribution in [2.45, 2.75) is 32.0 Å². The van der Waals surface area contributed by atoms with E-state index >= 15 is 0 Å². The lowest BCUT2D eigenvalue weighted by Gasteiger charge is -2.22. The molecule has 0 aliphatic carbocycles. The molecule has 33 heavy (non-hydrogen) atoms. The fourth-order valence-electron chi connectivity index (χ4n) is 3.30. The van der Waals surface area contributed by atoms with Crippen LogP contribution < -0.4 is 27.8 Å². The average Bonchev–Trinajstić information content (AvgIpc) is 3.31. The molecule has 0 saturated carbocycles. The SMILES string of the molecule is C=C(NCc1ccccc1)C1CCCN1C.C=CCN/C(=C\N)CN.NCc1ccccc1. The van der Waals surface area contributed by atoms with Crippen LogP contribution in [-0.2, 0) is 13.1 Å². The normalized spacial score (nSPS) is 15.4. The van der Waals surface area contributed by atoms with Crippen LogP contribution in [0.3, 0.4) is 0 Å². The van der Waals surface area contributed by atoms with Crippen molar-refractivity contribution in [3.8, 4) is 0 Å². The predicted molar refractivity (Wildman–Crippen MR) is 142 cm³/mol. The monoisotopic (exact) mass is 450 g/mol. The van der Waals surface area contributed by atoms with Gasteiger partial charge < -0.3 is 27.8 Å². The van der Waals surface area contributed by atoms with E-state index in [1.807, 2.05) is 36.4 Å². The first kappa shape index (κ1) is 28.0. The minimum atomic E-state index is 0.449. The lowest BCUT2D eigenvalue weighted by Crippen LogP contribution is -2.32. The molecule has 0 bridgehead atoms. The van der Waals surface area contributed by atoms with Crippen molar-refractivity contribution in [3.05, 3.63) is 109 Å². The Kier molecular flexibility index (Phi) is 14.8. The Morgan fingerprint density at radius 1 is 1.03 bits per heavy atom. The van der Waals surface area contributed by atoms with Gasteiger partial charge in [-0.15, -0.1) is 6.58 Å². The molecule has 180 valence electrons. The molecule has 1 aliphatic heterocycles. The highest BCUT2D eigenvalue weighted by Gasteiger charge is 2.22. The van der Waals surface area contributed by atoms with Crippen LogP contribution in [0.2, 0.25) is 0 Å². The standard InChI is InChI=1S/C14H20N2.C7H9N.C6H13N3/c1-12(14-9-6-10-16(14)2)15-11-13-7-4-3-5-8-13;8-6-7-4-2-1-3-5-7;1-2-3-9-6(4-7)5-8/h3-5,7-8,14-15H,1,6,9-11H2,2H3;1-5H,6,8H2;2,4,9H,1,3,5,7-8H2/b;;6-4-. The maximum atomic E-state index is 5.35. The van der Waals surface area contributed by atoms with Crippen molar-refractivity contribution in [2.75, 3.05) is 26.7 Å². The van der Waals surface area contributed by atoms with Gasteiger partial charge in [-0.1, -0.05) is 73.3 Å². The topological polar surface area (TPSA) is 105 Å². The summed E-state index contributed by atoms with van der Waals surface area (Å²) < 4.78 is 0. The van der Waals surface area contributed by atoms with Crippen LogP contribution in [0.5, 0.6) is 0 Å². The third-order valence-electron chi connectivity index (χ3n) is 5.26. The fraction of sp³-hybridized carbons (Fsp3) is 0.333. The number of benzene rings is 2. The fourth-order valence-corrected chi connectivity index (χ4v) is 3.30. The first-order valence-electron chi connectivity index (χ1n) is 11.4. The number of hydrogen-bond donors (Lipinski definition) is 5. The molecular weight excluding hydrogens is 408 g/mol. The van der Waals surface area contributed by atoms with Crippen LogP contribution in [0.15, 0.2) is 97.5 Å². The van der Waals surface area contributed by atoms with Gasteiger partial charge in [-0.2, -0.15) is 0 Å². The summed E-state index contributed by atoms with van der Waals surface area (Å²) in [5, 5.41) is 6.40. The Labute approximate surface area is 200 Å². The summed E-state index contributed by atoms with van der Waals surface area (Å²) in [4.78, 5) is 2.38. The highest BCUT2D eigenvalue weighted by atomic mass is 15.2. The number of rotatable bonds is 9. The lowest BCUT2D eigenvalue weighted by molar-refractivity contribution is 0.334. The van der Waals surface area contributed by atoms with Crippen LogP contribution >= 0.6 is 0 Å². The molecule has 0 radical (unpaired) electrons. The average molecular weight is 451 g/mol. The second-order valence-electron chi connectivity index (χ2n) is 7.76. The van der Waals surface area contributed by atoms with Crippen molar-refractivity contribution in [1.29, 1.82) is 0 Å². The molecular formula is C27H42N6. The molecule has 3 rings (SSSR count). The van der Waals surface area contributed by atoms with E-state index in [1.165, 1.54) is 36.7 Å². The van der Waals surface area contributed by atoms with E-state index in [1.54, 1.807) is 6.08 Å². The highest BCUT2D eigenvalue weighted by molar-refractivity contribution is 5.16. The molecule has 0 spiro atoms. The zero-order valence-corrected chi connectivity index (χ0v) is 20.0. The molecule has 1 saturated heterocycles. The molecule has 2 aromatic rings. The zero-order valence-electron chi connectivity index (χ0n) is 20.0. The van der Waals surface area contributed by atoms with Gasteiger partial charge >= 0.3 is 0 Å². The Balaban J connectivity index is 0.000000273. The summed E-state index contributed by atoms with van der Waals surface area (Å²) >= 11 is 0. The van der Waals surface area contributed by atoms with Crippen molar-refractivity contribution < 1.29 is 0 Å².